The molecule has 0 amide bonds. The smallest absolute Gasteiger partial charge is 0.240 e. The summed E-state index contributed by atoms with van der Waals surface area (Å²) in [6, 6.07) is 11.2. The van der Waals surface area contributed by atoms with Gasteiger partial charge >= 0.3 is 0 Å². The molecule has 1 fully saturated rings. The maximum absolute atomic E-state index is 5.50. The Morgan fingerprint density at radius 3 is 2.77 bits per heavy atom. The van der Waals surface area contributed by atoms with Gasteiger partial charge in [-0.25, -0.2) is 0 Å². The van der Waals surface area contributed by atoms with Crippen LogP contribution in [0, 0.1) is 5.92 Å². The Balaban J connectivity index is 0.00000176. The summed E-state index contributed by atoms with van der Waals surface area (Å²) in [4.78, 5) is 6.72. The first-order valence-electron chi connectivity index (χ1n) is 7.55. The lowest BCUT2D eigenvalue weighted by Gasteiger charge is -2.23. The molecule has 2 heterocycles. The number of halogens is 1. The first kappa shape index (κ1) is 16.9. The second kappa shape index (κ2) is 7.72. The third-order valence-corrected chi connectivity index (χ3v) is 4.42. The molecule has 2 aromatic rings. The van der Waals surface area contributed by atoms with Crippen LogP contribution >= 0.6 is 12.4 Å². The van der Waals surface area contributed by atoms with E-state index >= 15 is 0 Å². The van der Waals surface area contributed by atoms with Gasteiger partial charge < -0.3 is 10.3 Å². The normalized spacial score (nSPS) is 21.7. The van der Waals surface area contributed by atoms with Crippen molar-refractivity contribution in [1.82, 2.24) is 15.0 Å². The topological polar surface area (TPSA) is 68.2 Å². The average Bonchev–Trinajstić information content (AvgIpc) is 3.10. The molecular formula is C16H23ClN4O. The van der Waals surface area contributed by atoms with E-state index in [1.54, 1.807) is 0 Å². The molecule has 0 aliphatic carbocycles. The number of hydrogen-bond acceptors (Lipinski definition) is 5. The molecule has 5 nitrogen and oxygen atoms in total. The van der Waals surface area contributed by atoms with Gasteiger partial charge in [0.2, 0.25) is 5.89 Å². The van der Waals surface area contributed by atoms with Crippen LogP contribution in [0.2, 0.25) is 0 Å². The van der Waals surface area contributed by atoms with Gasteiger partial charge in [0.15, 0.2) is 5.82 Å². The van der Waals surface area contributed by atoms with Crippen LogP contribution in [0.5, 0.6) is 0 Å². The van der Waals surface area contributed by atoms with Crippen molar-refractivity contribution in [2.24, 2.45) is 11.7 Å². The zero-order valence-corrected chi connectivity index (χ0v) is 13.6. The van der Waals surface area contributed by atoms with Gasteiger partial charge in [-0.15, -0.1) is 12.4 Å². The molecule has 1 aliphatic rings. The standard InChI is InChI=1S/C16H22N4O.ClH/c1-12-14(9-13-5-3-2-4-6-13)7-8-20(12)11-15-18-16(10-17)21-19-15;/h2-6,12,14H,7-11,17H2,1H3;1H. The maximum atomic E-state index is 5.50. The van der Waals surface area contributed by atoms with E-state index < -0.39 is 0 Å². The minimum absolute atomic E-state index is 0. The number of likely N-dealkylation sites (tertiary alicyclic amines) is 1. The van der Waals surface area contributed by atoms with E-state index in [1.807, 2.05) is 0 Å². The van der Waals surface area contributed by atoms with Gasteiger partial charge in [0.25, 0.3) is 0 Å². The fraction of sp³-hybridized carbons (Fsp3) is 0.500. The lowest BCUT2D eigenvalue weighted by atomic mass is 9.93. The van der Waals surface area contributed by atoms with Crippen molar-refractivity contribution in [1.29, 1.82) is 0 Å². The van der Waals surface area contributed by atoms with Crippen LogP contribution in [0.15, 0.2) is 34.9 Å². The molecule has 1 aliphatic heterocycles. The third kappa shape index (κ3) is 3.85. The third-order valence-electron chi connectivity index (χ3n) is 4.42. The van der Waals surface area contributed by atoms with Crippen molar-refractivity contribution in [3.63, 3.8) is 0 Å². The number of hydrogen-bond donors (Lipinski definition) is 1. The Morgan fingerprint density at radius 2 is 2.09 bits per heavy atom. The van der Waals surface area contributed by atoms with Crippen molar-refractivity contribution in [2.75, 3.05) is 6.54 Å². The lowest BCUT2D eigenvalue weighted by Crippen LogP contribution is -2.30. The van der Waals surface area contributed by atoms with Gasteiger partial charge in [0.05, 0.1) is 13.1 Å². The Morgan fingerprint density at radius 1 is 1.32 bits per heavy atom. The first-order chi connectivity index (χ1) is 10.3. The van der Waals surface area contributed by atoms with Crippen LogP contribution in [0.4, 0.5) is 0 Å². The van der Waals surface area contributed by atoms with Crippen LogP contribution < -0.4 is 5.73 Å². The fourth-order valence-corrected chi connectivity index (χ4v) is 3.11. The summed E-state index contributed by atoms with van der Waals surface area (Å²) in [5, 5.41) is 3.99. The molecule has 0 bridgehead atoms. The Bertz CT molecular complexity index is 575. The van der Waals surface area contributed by atoms with Crippen LogP contribution in [0.3, 0.4) is 0 Å². The van der Waals surface area contributed by atoms with Gasteiger partial charge in [0.1, 0.15) is 0 Å². The Hall–Kier alpha value is -1.43. The molecule has 1 saturated heterocycles. The van der Waals surface area contributed by atoms with Gasteiger partial charge in [0, 0.05) is 6.04 Å². The van der Waals surface area contributed by atoms with Gasteiger partial charge in [-0.05, 0) is 37.8 Å². The highest BCUT2D eigenvalue weighted by molar-refractivity contribution is 5.85. The highest BCUT2D eigenvalue weighted by atomic mass is 35.5. The van der Waals surface area contributed by atoms with E-state index in [9.17, 15) is 0 Å². The van der Waals surface area contributed by atoms with E-state index in [4.69, 9.17) is 10.3 Å². The van der Waals surface area contributed by atoms with Crippen LogP contribution in [-0.2, 0) is 19.5 Å². The molecule has 2 unspecified atom stereocenters. The second-order valence-corrected chi connectivity index (χ2v) is 5.76. The number of rotatable bonds is 5. The maximum Gasteiger partial charge on any atom is 0.240 e. The van der Waals surface area contributed by atoms with Crippen LogP contribution in [0.25, 0.3) is 0 Å². The van der Waals surface area contributed by atoms with E-state index in [0.717, 1.165) is 25.3 Å². The number of nitrogens with zero attached hydrogens (tertiary/aromatic N) is 3. The Kier molecular flexibility index (Phi) is 5.94. The van der Waals surface area contributed by atoms with Crippen LogP contribution in [-0.4, -0.2) is 27.6 Å². The highest BCUT2D eigenvalue weighted by Gasteiger charge is 2.31. The zero-order chi connectivity index (χ0) is 14.7. The summed E-state index contributed by atoms with van der Waals surface area (Å²) in [6.07, 6.45) is 2.36. The molecule has 2 N–H and O–H groups in total. The van der Waals surface area contributed by atoms with Crippen molar-refractivity contribution in [2.45, 2.75) is 38.9 Å². The van der Waals surface area contributed by atoms with Gasteiger partial charge in [-0.1, -0.05) is 35.5 Å². The van der Waals surface area contributed by atoms with Crippen molar-refractivity contribution in [3.8, 4) is 0 Å². The number of benzene rings is 1. The quantitative estimate of drug-likeness (QED) is 0.915. The largest absolute Gasteiger partial charge is 0.338 e. The highest BCUT2D eigenvalue weighted by Crippen LogP contribution is 2.28. The van der Waals surface area contributed by atoms with Gasteiger partial charge in [-0.2, -0.15) is 4.98 Å². The molecular weight excluding hydrogens is 300 g/mol. The number of nitrogens with two attached hydrogens (primary N) is 1. The predicted octanol–water partition coefficient (Wildman–Crippen LogP) is 2.40. The molecule has 2 atom stereocenters. The number of aromatic nitrogens is 2. The van der Waals surface area contributed by atoms with E-state index in [0.29, 0.717) is 24.4 Å². The molecule has 0 radical (unpaired) electrons. The minimum atomic E-state index is 0. The monoisotopic (exact) mass is 322 g/mol. The molecule has 0 spiro atoms. The summed E-state index contributed by atoms with van der Waals surface area (Å²) in [7, 11) is 0. The summed E-state index contributed by atoms with van der Waals surface area (Å²) in [5.74, 6) is 1.94. The summed E-state index contributed by atoms with van der Waals surface area (Å²) >= 11 is 0. The summed E-state index contributed by atoms with van der Waals surface area (Å²) in [6.45, 7) is 4.44. The second-order valence-electron chi connectivity index (χ2n) is 5.76. The molecule has 1 aromatic carbocycles. The summed E-state index contributed by atoms with van der Waals surface area (Å²) in [5.41, 5.74) is 6.91. The first-order valence-corrected chi connectivity index (χ1v) is 7.55. The molecule has 6 heteroatoms. The van der Waals surface area contributed by atoms with Crippen molar-refractivity contribution in [3.05, 3.63) is 47.6 Å². The van der Waals surface area contributed by atoms with Crippen molar-refractivity contribution >= 4 is 12.4 Å². The Labute approximate surface area is 137 Å². The van der Waals surface area contributed by atoms with Crippen molar-refractivity contribution < 1.29 is 4.52 Å². The molecule has 22 heavy (non-hydrogen) atoms. The SMILES string of the molecule is CC1C(Cc2ccccc2)CCN1Cc1noc(CN)n1.Cl. The van der Waals surface area contributed by atoms with E-state index in [2.05, 4.69) is 52.3 Å². The average molecular weight is 323 g/mol. The predicted molar refractivity (Wildman–Crippen MR) is 87.6 cm³/mol. The van der Waals surface area contributed by atoms with E-state index in [1.165, 1.54) is 12.0 Å². The zero-order valence-electron chi connectivity index (χ0n) is 12.8. The van der Waals surface area contributed by atoms with Gasteiger partial charge in [-0.3, -0.25) is 4.90 Å². The fourth-order valence-electron chi connectivity index (χ4n) is 3.11. The summed E-state index contributed by atoms with van der Waals surface area (Å²) < 4.78 is 5.07. The molecule has 3 rings (SSSR count). The minimum Gasteiger partial charge on any atom is -0.338 e. The lowest BCUT2D eigenvalue weighted by molar-refractivity contribution is 0.224. The molecule has 1 aromatic heterocycles. The van der Waals surface area contributed by atoms with Crippen LogP contribution in [0.1, 0.15) is 30.6 Å². The molecule has 120 valence electrons. The van der Waals surface area contributed by atoms with E-state index in [-0.39, 0.29) is 12.4 Å². The molecule has 0 saturated carbocycles.